The third-order valence-corrected chi connectivity index (χ3v) is 8.22. The lowest BCUT2D eigenvalue weighted by Gasteiger charge is -2.10. The summed E-state index contributed by atoms with van der Waals surface area (Å²) >= 11 is 0. The molecule has 11 heteroatoms. The number of halogens is 1. The van der Waals surface area contributed by atoms with E-state index in [-0.39, 0.29) is 35.0 Å². The number of nitriles is 1. The number of amides is 1. The Balaban J connectivity index is 1.42. The van der Waals surface area contributed by atoms with E-state index < -0.39 is 27.3 Å². The van der Waals surface area contributed by atoms with Crippen LogP contribution in [0.2, 0.25) is 0 Å². The number of imidazole rings is 1. The Kier molecular flexibility index (Phi) is 8.14. The molecule has 0 aliphatic carbocycles. The first-order chi connectivity index (χ1) is 20.2. The van der Waals surface area contributed by atoms with Crippen molar-refractivity contribution < 1.29 is 17.6 Å². The molecule has 0 aliphatic heterocycles. The number of pyridine rings is 1. The second-order valence-electron chi connectivity index (χ2n) is 9.64. The van der Waals surface area contributed by atoms with Crippen LogP contribution in [0, 0.1) is 29.0 Å². The van der Waals surface area contributed by atoms with Gasteiger partial charge in [0.2, 0.25) is 0 Å². The summed E-state index contributed by atoms with van der Waals surface area (Å²) in [6.07, 6.45) is 7.23. The van der Waals surface area contributed by atoms with E-state index in [1.807, 2.05) is 35.9 Å². The van der Waals surface area contributed by atoms with Gasteiger partial charge in [-0.05, 0) is 73.2 Å². The van der Waals surface area contributed by atoms with Gasteiger partial charge in [-0.2, -0.15) is 10.4 Å². The summed E-state index contributed by atoms with van der Waals surface area (Å²) in [6.45, 7) is 2.06. The largest absolute Gasteiger partial charge is 0.348 e. The predicted octanol–water partition coefficient (Wildman–Crippen LogP) is 4.45. The van der Waals surface area contributed by atoms with Gasteiger partial charge in [-0.1, -0.05) is 11.8 Å². The summed E-state index contributed by atoms with van der Waals surface area (Å²) in [5, 5.41) is 16.1. The smallest absolute Gasteiger partial charge is 0.251 e. The Morgan fingerprint density at radius 3 is 2.64 bits per heavy atom. The van der Waals surface area contributed by atoms with Crippen molar-refractivity contribution in [1.29, 1.82) is 5.26 Å². The normalized spacial score (nSPS) is 11.8. The van der Waals surface area contributed by atoms with Crippen molar-refractivity contribution in [3.63, 3.8) is 0 Å². The van der Waals surface area contributed by atoms with Gasteiger partial charge in [0.25, 0.3) is 5.91 Å². The third-order valence-electron chi connectivity index (χ3n) is 6.52. The first-order valence-corrected chi connectivity index (χ1v) is 14.6. The van der Waals surface area contributed by atoms with Gasteiger partial charge in [-0.3, -0.25) is 9.48 Å². The molecule has 0 saturated heterocycles. The number of fused-ring (bicyclic) bond motifs is 1. The van der Waals surface area contributed by atoms with Crippen LogP contribution in [0.1, 0.15) is 52.1 Å². The van der Waals surface area contributed by atoms with E-state index in [1.54, 1.807) is 23.1 Å². The fourth-order valence-corrected chi connectivity index (χ4v) is 5.68. The molecule has 3 heterocycles. The zero-order valence-electron chi connectivity index (χ0n) is 22.5. The van der Waals surface area contributed by atoms with Crippen molar-refractivity contribution in [2.45, 2.75) is 36.6 Å². The lowest BCUT2D eigenvalue weighted by molar-refractivity contribution is 0.0950. The van der Waals surface area contributed by atoms with Gasteiger partial charge in [0.15, 0.2) is 9.84 Å². The predicted molar refractivity (Wildman–Crippen MR) is 153 cm³/mol. The van der Waals surface area contributed by atoms with E-state index in [1.165, 1.54) is 42.5 Å². The second kappa shape index (κ2) is 12.1. The molecule has 0 aliphatic rings. The first-order valence-electron chi connectivity index (χ1n) is 13.0. The van der Waals surface area contributed by atoms with Gasteiger partial charge in [0, 0.05) is 48.0 Å². The maximum atomic E-state index is 13.5. The maximum absolute atomic E-state index is 13.5. The average Bonchev–Trinajstić information content (AvgIpc) is 3.64. The molecule has 0 fully saturated rings. The van der Waals surface area contributed by atoms with Crippen LogP contribution < -0.4 is 5.32 Å². The van der Waals surface area contributed by atoms with Crippen molar-refractivity contribution in [2.24, 2.45) is 0 Å². The van der Waals surface area contributed by atoms with E-state index in [4.69, 9.17) is 5.26 Å². The van der Waals surface area contributed by atoms with Gasteiger partial charge in [0.05, 0.1) is 34.9 Å². The van der Waals surface area contributed by atoms with Crippen LogP contribution in [-0.2, 0) is 22.1 Å². The minimum atomic E-state index is -3.94. The van der Waals surface area contributed by atoms with E-state index in [0.717, 1.165) is 11.2 Å². The van der Waals surface area contributed by atoms with Crippen LogP contribution in [0.3, 0.4) is 0 Å². The topological polar surface area (TPSA) is 122 Å². The molecule has 210 valence electrons. The molecule has 42 heavy (non-hydrogen) atoms. The van der Waals surface area contributed by atoms with Gasteiger partial charge < -0.3 is 9.72 Å². The number of rotatable bonds is 8. The van der Waals surface area contributed by atoms with E-state index >= 15 is 0 Å². The number of aromatic nitrogens is 4. The molecule has 9 nitrogen and oxygen atoms in total. The summed E-state index contributed by atoms with van der Waals surface area (Å²) in [4.78, 5) is 17.2. The number of carbonyl (C=O) groups excluding carboxylic acids is 1. The van der Waals surface area contributed by atoms with Crippen molar-refractivity contribution >= 4 is 21.4 Å². The molecule has 1 atom stereocenters. The lowest BCUT2D eigenvalue weighted by atomic mass is 10.1. The molecule has 2 aromatic carbocycles. The van der Waals surface area contributed by atoms with Gasteiger partial charge in [-0.15, -0.1) is 0 Å². The fourth-order valence-electron chi connectivity index (χ4n) is 4.26. The lowest BCUT2D eigenvalue weighted by Crippen LogP contribution is -2.23. The molecule has 0 radical (unpaired) electrons. The number of hydrogen-bond donors (Lipinski definition) is 1. The highest BCUT2D eigenvalue weighted by Gasteiger charge is 2.22. The zero-order chi connectivity index (χ0) is 29.7. The quantitative estimate of drug-likeness (QED) is 0.271. The molecule has 0 spiro atoms. The summed E-state index contributed by atoms with van der Waals surface area (Å²) in [5.41, 5.74) is 2.75. The summed E-state index contributed by atoms with van der Waals surface area (Å²) in [5.74, 6) is 4.51. The highest BCUT2D eigenvalue weighted by atomic mass is 32.2. The van der Waals surface area contributed by atoms with Crippen LogP contribution >= 0.6 is 0 Å². The number of sulfone groups is 1. The minimum absolute atomic E-state index is 0.0574. The van der Waals surface area contributed by atoms with Crippen LogP contribution in [0.15, 0.2) is 90.3 Å². The molecule has 1 amide bonds. The Morgan fingerprint density at radius 2 is 1.86 bits per heavy atom. The van der Waals surface area contributed by atoms with Crippen LogP contribution in [0.25, 0.3) is 5.65 Å². The summed E-state index contributed by atoms with van der Waals surface area (Å²) in [6, 6.07) is 16.9. The van der Waals surface area contributed by atoms with Crippen molar-refractivity contribution in [2.75, 3.05) is 0 Å². The molecule has 5 aromatic rings. The molecule has 3 aromatic heterocycles. The standard InChI is InChI=1S/C31H25FN6O3S/c1-22(10-13-33)38-16-12-28(36-38)21-42(40,41)29-9-6-26(19-25(29)5-2-23-3-7-27(32)8-4-23)31(39)35-20-24-11-15-37-17-14-34-30(37)18-24/h3-4,6-9,11-12,14-19,22H,10,20-21H2,1H3,(H,35,39). The number of nitrogens with zero attached hydrogens (tertiary/aromatic N) is 5. The van der Waals surface area contributed by atoms with Crippen molar-refractivity contribution in [1.82, 2.24) is 24.5 Å². The molecule has 0 saturated carbocycles. The Hall–Kier alpha value is -5.26. The van der Waals surface area contributed by atoms with E-state index in [9.17, 15) is 17.6 Å². The molecule has 0 bridgehead atoms. The highest BCUT2D eigenvalue weighted by Crippen LogP contribution is 2.22. The Bertz CT molecular complexity index is 1980. The maximum Gasteiger partial charge on any atom is 0.251 e. The van der Waals surface area contributed by atoms with Gasteiger partial charge >= 0.3 is 0 Å². The molecule has 5 rings (SSSR count). The van der Waals surface area contributed by atoms with E-state index in [0.29, 0.717) is 11.3 Å². The Morgan fingerprint density at radius 1 is 1.05 bits per heavy atom. The minimum Gasteiger partial charge on any atom is -0.348 e. The monoisotopic (exact) mass is 580 g/mol. The summed E-state index contributed by atoms with van der Waals surface area (Å²) in [7, 11) is -3.94. The van der Waals surface area contributed by atoms with Crippen molar-refractivity contribution in [3.05, 3.63) is 119 Å². The number of carbonyl (C=O) groups is 1. The van der Waals surface area contributed by atoms with Gasteiger partial charge in [-0.25, -0.2) is 17.8 Å². The number of benzene rings is 2. The Labute approximate surface area is 242 Å². The van der Waals surface area contributed by atoms with Crippen LogP contribution in [-0.4, -0.2) is 33.5 Å². The van der Waals surface area contributed by atoms with E-state index in [2.05, 4.69) is 33.3 Å². The zero-order valence-corrected chi connectivity index (χ0v) is 23.3. The highest BCUT2D eigenvalue weighted by molar-refractivity contribution is 7.90. The van der Waals surface area contributed by atoms with Gasteiger partial charge in [0.1, 0.15) is 11.5 Å². The average molecular weight is 581 g/mol. The first kappa shape index (κ1) is 28.3. The SMILES string of the molecule is CC(CC#N)n1ccc(CS(=O)(=O)c2ccc(C(=O)NCc3ccn4ccnc4c3)cc2C#Cc2ccc(F)cc2)n1. The molecular formula is C31H25FN6O3S. The van der Waals surface area contributed by atoms with Crippen LogP contribution in [0.4, 0.5) is 4.39 Å². The second-order valence-corrected chi connectivity index (χ2v) is 11.6. The van der Waals surface area contributed by atoms with Crippen LogP contribution in [0.5, 0.6) is 0 Å². The van der Waals surface area contributed by atoms with Crippen molar-refractivity contribution in [3.8, 4) is 17.9 Å². The summed E-state index contributed by atoms with van der Waals surface area (Å²) < 4.78 is 43.8. The molecule has 1 unspecified atom stereocenters. The molecule has 1 N–H and O–H groups in total. The number of nitrogens with one attached hydrogen (secondary N) is 1. The fraction of sp³-hybridized carbons (Fsp3) is 0.161. The number of hydrogen-bond acceptors (Lipinski definition) is 6. The third kappa shape index (κ3) is 6.54. The molecular weight excluding hydrogens is 555 g/mol.